The zero-order valence-corrected chi connectivity index (χ0v) is 22.5. The molecule has 0 saturated carbocycles. The third kappa shape index (κ3) is 6.85. The summed E-state index contributed by atoms with van der Waals surface area (Å²) in [5.41, 5.74) is 4.68. The standard InChI is InChI=1S/C34H30F3N3O/c35-34(36,37)29-17-15-27(16-18-29)31-9-3-4-10-32(31)33(41)39-21-25-6-5-19-40(23-25)22-24-11-13-26(14-12-24)30-8-2-1-7-28(30)20-38/h1-4,7-18,25H,5-6,19,21-23H2,(H,39,41). The van der Waals surface area contributed by atoms with Gasteiger partial charge in [0.05, 0.1) is 17.2 Å². The molecule has 1 amide bonds. The summed E-state index contributed by atoms with van der Waals surface area (Å²) in [6.45, 7) is 3.18. The lowest BCUT2D eigenvalue weighted by Crippen LogP contribution is -2.40. The molecule has 1 saturated heterocycles. The zero-order chi connectivity index (χ0) is 28.8. The molecule has 0 spiro atoms. The Morgan fingerprint density at radius 2 is 1.51 bits per heavy atom. The van der Waals surface area contributed by atoms with Crippen molar-refractivity contribution in [3.63, 3.8) is 0 Å². The largest absolute Gasteiger partial charge is 0.416 e. The molecule has 0 aromatic heterocycles. The molecular weight excluding hydrogens is 523 g/mol. The predicted molar refractivity (Wildman–Crippen MR) is 154 cm³/mol. The van der Waals surface area contributed by atoms with Crippen molar-refractivity contribution in [2.24, 2.45) is 5.92 Å². The van der Waals surface area contributed by atoms with Crippen LogP contribution in [-0.2, 0) is 12.7 Å². The average Bonchev–Trinajstić information content (AvgIpc) is 3.00. The fourth-order valence-corrected chi connectivity index (χ4v) is 5.45. The van der Waals surface area contributed by atoms with Crippen LogP contribution in [-0.4, -0.2) is 30.4 Å². The maximum Gasteiger partial charge on any atom is 0.416 e. The van der Waals surface area contributed by atoms with Gasteiger partial charge in [-0.05, 0) is 77.4 Å². The summed E-state index contributed by atoms with van der Waals surface area (Å²) in [5.74, 6) is 0.0681. The van der Waals surface area contributed by atoms with Gasteiger partial charge in [-0.1, -0.05) is 72.8 Å². The van der Waals surface area contributed by atoms with E-state index < -0.39 is 11.7 Å². The zero-order valence-electron chi connectivity index (χ0n) is 22.5. The molecular formula is C34H30F3N3O. The summed E-state index contributed by atoms with van der Waals surface area (Å²) in [5, 5.41) is 12.5. The number of carbonyl (C=O) groups is 1. The van der Waals surface area contributed by atoms with Crippen molar-refractivity contribution in [3.05, 3.63) is 119 Å². The lowest BCUT2D eigenvalue weighted by Gasteiger charge is -2.33. The molecule has 4 aromatic carbocycles. The van der Waals surface area contributed by atoms with E-state index in [1.165, 1.54) is 17.7 Å². The number of carbonyl (C=O) groups excluding carboxylic acids is 1. The normalized spacial score (nSPS) is 15.7. The van der Waals surface area contributed by atoms with Gasteiger partial charge in [-0.3, -0.25) is 9.69 Å². The van der Waals surface area contributed by atoms with Crippen LogP contribution in [0.3, 0.4) is 0 Å². The second-order valence-corrected chi connectivity index (χ2v) is 10.4. The molecule has 1 atom stereocenters. The fraction of sp³-hybridized carbons (Fsp3) is 0.235. The molecule has 208 valence electrons. The Labute approximate surface area is 238 Å². The molecule has 41 heavy (non-hydrogen) atoms. The minimum Gasteiger partial charge on any atom is -0.352 e. The first-order chi connectivity index (χ1) is 19.8. The van der Waals surface area contributed by atoms with Gasteiger partial charge in [-0.2, -0.15) is 18.4 Å². The van der Waals surface area contributed by atoms with Crippen LogP contribution in [0.15, 0.2) is 97.1 Å². The summed E-state index contributed by atoms with van der Waals surface area (Å²) >= 11 is 0. The van der Waals surface area contributed by atoms with Crippen LogP contribution >= 0.6 is 0 Å². The van der Waals surface area contributed by atoms with Gasteiger partial charge in [0.15, 0.2) is 0 Å². The number of amides is 1. The van der Waals surface area contributed by atoms with Crippen molar-refractivity contribution in [2.75, 3.05) is 19.6 Å². The number of nitrogens with zero attached hydrogens (tertiary/aromatic N) is 2. The molecule has 7 heteroatoms. The maximum absolute atomic E-state index is 13.1. The van der Waals surface area contributed by atoms with Gasteiger partial charge in [-0.25, -0.2) is 0 Å². The van der Waals surface area contributed by atoms with Crippen LogP contribution in [0, 0.1) is 17.2 Å². The summed E-state index contributed by atoms with van der Waals surface area (Å²) in [6, 6.07) is 30.0. The molecule has 0 radical (unpaired) electrons. The summed E-state index contributed by atoms with van der Waals surface area (Å²) in [4.78, 5) is 15.5. The Morgan fingerprint density at radius 1 is 0.878 bits per heavy atom. The van der Waals surface area contributed by atoms with Crippen LogP contribution in [0.25, 0.3) is 22.3 Å². The molecule has 0 bridgehead atoms. The highest BCUT2D eigenvalue weighted by molar-refractivity contribution is 6.00. The van der Waals surface area contributed by atoms with Crippen molar-refractivity contribution in [1.82, 2.24) is 10.2 Å². The van der Waals surface area contributed by atoms with Gasteiger partial charge in [-0.15, -0.1) is 0 Å². The number of piperidine rings is 1. The first-order valence-electron chi connectivity index (χ1n) is 13.7. The fourth-order valence-electron chi connectivity index (χ4n) is 5.45. The highest BCUT2D eigenvalue weighted by Crippen LogP contribution is 2.32. The molecule has 5 rings (SSSR count). The van der Waals surface area contributed by atoms with E-state index >= 15 is 0 Å². The highest BCUT2D eigenvalue weighted by atomic mass is 19.4. The molecule has 1 unspecified atom stereocenters. The van der Waals surface area contributed by atoms with E-state index in [1.807, 2.05) is 24.3 Å². The smallest absolute Gasteiger partial charge is 0.352 e. The van der Waals surface area contributed by atoms with E-state index in [2.05, 4.69) is 40.6 Å². The van der Waals surface area contributed by atoms with Crippen LogP contribution < -0.4 is 5.32 Å². The number of benzene rings is 4. The Bertz CT molecular complexity index is 1540. The Hall–Kier alpha value is -4.41. The molecule has 0 aliphatic carbocycles. The van der Waals surface area contributed by atoms with Crippen LogP contribution in [0.4, 0.5) is 13.2 Å². The summed E-state index contributed by atoms with van der Waals surface area (Å²) in [7, 11) is 0. The summed E-state index contributed by atoms with van der Waals surface area (Å²) in [6.07, 6.45) is -2.35. The molecule has 1 heterocycles. The van der Waals surface area contributed by atoms with Gasteiger partial charge in [0.25, 0.3) is 5.91 Å². The minimum atomic E-state index is -4.41. The Kier molecular flexibility index (Phi) is 8.51. The van der Waals surface area contributed by atoms with E-state index in [4.69, 9.17) is 0 Å². The molecule has 1 aliphatic rings. The van der Waals surface area contributed by atoms with Crippen molar-refractivity contribution in [1.29, 1.82) is 5.26 Å². The predicted octanol–water partition coefficient (Wildman–Crippen LogP) is 7.55. The van der Waals surface area contributed by atoms with Crippen molar-refractivity contribution < 1.29 is 18.0 Å². The first kappa shape index (κ1) is 28.1. The van der Waals surface area contributed by atoms with Crippen molar-refractivity contribution >= 4 is 5.91 Å². The number of hydrogen-bond donors (Lipinski definition) is 1. The third-order valence-corrected chi connectivity index (χ3v) is 7.57. The maximum atomic E-state index is 13.1. The number of halogens is 3. The number of alkyl halides is 3. The van der Waals surface area contributed by atoms with Gasteiger partial charge >= 0.3 is 6.18 Å². The number of nitrogens with one attached hydrogen (secondary N) is 1. The molecule has 1 aliphatic heterocycles. The average molecular weight is 554 g/mol. The van der Waals surface area contributed by atoms with E-state index in [1.54, 1.807) is 24.3 Å². The van der Waals surface area contributed by atoms with Crippen LogP contribution in [0.2, 0.25) is 0 Å². The quantitative estimate of drug-likeness (QED) is 0.257. The van der Waals surface area contributed by atoms with Crippen LogP contribution in [0.1, 0.15) is 39.9 Å². The minimum absolute atomic E-state index is 0.231. The molecule has 1 fully saturated rings. The second kappa shape index (κ2) is 12.4. The second-order valence-electron chi connectivity index (χ2n) is 10.4. The molecule has 1 N–H and O–H groups in total. The lowest BCUT2D eigenvalue weighted by atomic mass is 9.95. The van der Waals surface area contributed by atoms with Crippen molar-refractivity contribution in [2.45, 2.75) is 25.6 Å². The third-order valence-electron chi connectivity index (χ3n) is 7.57. The van der Waals surface area contributed by atoms with E-state index in [0.717, 1.165) is 55.7 Å². The van der Waals surface area contributed by atoms with E-state index in [9.17, 15) is 23.2 Å². The topological polar surface area (TPSA) is 56.1 Å². The number of rotatable bonds is 7. The van der Waals surface area contributed by atoms with Gasteiger partial charge < -0.3 is 5.32 Å². The summed E-state index contributed by atoms with van der Waals surface area (Å²) < 4.78 is 39.0. The number of likely N-dealkylation sites (tertiary alicyclic amines) is 1. The Balaban J connectivity index is 1.18. The van der Waals surface area contributed by atoms with E-state index in [-0.39, 0.29) is 5.91 Å². The van der Waals surface area contributed by atoms with Crippen LogP contribution in [0.5, 0.6) is 0 Å². The van der Waals surface area contributed by atoms with Gasteiger partial charge in [0.2, 0.25) is 0 Å². The van der Waals surface area contributed by atoms with E-state index in [0.29, 0.717) is 34.7 Å². The first-order valence-corrected chi connectivity index (χ1v) is 13.7. The lowest BCUT2D eigenvalue weighted by molar-refractivity contribution is -0.137. The van der Waals surface area contributed by atoms with Crippen molar-refractivity contribution in [3.8, 4) is 28.3 Å². The number of nitriles is 1. The number of hydrogen-bond acceptors (Lipinski definition) is 3. The monoisotopic (exact) mass is 553 g/mol. The molecule has 4 nitrogen and oxygen atoms in total. The SMILES string of the molecule is N#Cc1ccccc1-c1ccc(CN2CCCC(CNC(=O)c3ccccc3-c3ccc(C(F)(F)F)cc3)C2)cc1. The van der Waals surface area contributed by atoms with Gasteiger partial charge in [0, 0.05) is 25.2 Å². The Morgan fingerprint density at radius 3 is 2.22 bits per heavy atom. The molecule has 4 aromatic rings. The highest BCUT2D eigenvalue weighted by Gasteiger charge is 2.30. The van der Waals surface area contributed by atoms with Gasteiger partial charge in [0.1, 0.15) is 0 Å².